The van der Waals surface area contributed by atoms with Crippen LogP contribution in [-0.4, -0.2) is 56.3 Å². The van der Waals surface area contributed by atoms with Crippen molar-refractivity contribution in [1.82, 2.24) is 9.21 Å². The molecule has 1 fully saturated rings. The van der Waals surface area contributed by atoms with E-state index >= 15 is 0 Å². The molecule has 0 atom stereocenters. The Balaban J connectivity index is 1.63. The summed E-state index contributed by atoms with van der Waals surface area (Å²) in [7, 11) is -3.52. The zero-order valence-electron chi connectivity index (χ0n) is 16.9. The quantitative estimate of drug-likeness (QED) is 0.654. The molecule has 2 heterocycles. The molecule has 2 aromatic rings. The fourth-order valence-corrected chi connectivity index (χ4v) is 6.27. The van der Waals surface area contributed by atoms with Gasteiger partial charge in [0.05, 0.1) is 11.5 Å². The lowest BCUT2D eigenvalue weighted by atomic mass is 10.2. The number of rotatable bonds is 6. The van der Waals surface area contributed by atoms with Crippen molar-refractivity contribution in [2.75, 3.05) is 32.8 Å². The normalized spacial score (nSPS) is 15.8. The van der Waals surface area contributed by atoms with Gasteiger partial charge in [-0.1, -0.05) is 18.2 Å². The van der Waals surface area contributed by atoms with Crippen LogP contribution >= 0.6 is 11.3 Å². The molecule has 0 radical (unpaired) electrons. The van der Waals surface area contributed by atoms with Crippen LogP contribution in [-0.2, 0) is 14.8 Å². The minimum absolute atomic E-state index is 0.129. The lowest BCUT2D eigenvalue weighted by molar-refractivity contribution is -0.127. The average molecular weight is 435 g/mol. The number of thiophene rings is 1. The fraction of sp³-hybridized carbons (Fsp3) is 0.381. The first-order valence-electron chi connectivity index (χ1n) is 9.59. The Kier molecular flexibility index (Phi) is 6.77. The monoisotopic (exact) mass is 434 g/mol. The highest BCUT2D eigenvalue weighted by Gasteiger charge is 2.31. The van der Waals surface area contributed by atoms with Crippen LogP contribution in [0.5, 0.6) is 5.75 Å². The van der Waals surface area contributed by atoms with E-state index < -0.39 is 10.0 Å². The van der Waals surface area contributed by atoms with Crippen molar-refractivity contribution in [3.8, 4) is 5.75 Å². The summed E-state index contributed by atoms with van der Waals surface area (Å²) in [4.78, 5) is 16.4. The van der Waals surface area contributed by atoms with E-state index in [2.05, 4.69) is 0 Å². The molecule has 0 aliphatic carbocycles. The molecule has 1 aromatic carbocycles. The lowest BCUT2D eigenvalue weighted by Gasteiger charge is -2.33. The second-order valence-corrected chi connectivity index (χ2v) is 10.2. The molecular formula is C21H26N2O4S2. The maximum Gasteiger partial charge on any atom is 0.246 e. The molecule has 1 aromatic heterocycles. The summed E-state index contributed by atoms with van der Waals surface area (Å²) in [6.07, 6.45) is 3.27. The Morgan fingerprint density at radius 3 is 2.48 bits per heavy atom. The van der Waals surface area contributed by atoms with Gasteiger partial charge in [0.15, 0.2) is 0 Å². The summed E-state index contributed by atoms with van der Waals surface area (Å²) in [6, 6.07) is 9.27. The summed E-state index contributed by atoms with van der Waals surface area (Å²) in [6.45, 7) is 7.54. The van der Waals surface area contributed by atoms with E-state index in [1.807, 2.05) is 45.0 Å². The van der Waals surface area contributed by atoms with E-state index in [9.17, 15) is 13.2 Å². The third-order valence-electron chi connectivity index (χ3n) is 4.79. The van der Waals surface area contributed by atoms with Gasteiger partial charge in [-0.15, -0.1) is 11.3 Å². The molecule has 0 saturated carbocycles. The number of nitrogens with zero attached hydrogens (tertiary/aromatic N) is 2. The first-order chi connectivity index (χ1) is 13.8. The first kappa shape index (κ1) is 21.5. The van der Waals surface area contributed by atoms with E-state index in [0.717, 1.165) is 21.1 Å². The van der Waals surface area contributed by atoms with Crippen LogP contribution < -0.4 is 4.74 Å². The van der Waals surface area contributed by atoms with Gasteiger partial charge in [-0.05, 0) is 39.0 Å². The number of para-hydroxylation sites is 1. The maximum absolute atomic E-state index is 12.9. The van der Waals surface area contributed by atoms with Gasteiger partial charge in [0.25, 0.3) is 0 Å². The van der Waals surface area contributed by atoms with Crippen LogP contribution in [0.1, 0.15) is 22.2 Å². The zero-order chi connectivity index (χ0) is 21.0. The zero-order valence-corrected chi connectivity index (χ0v) is 18.6. The Labute approximate surface area is 176 Å². The summed E-state index contributed by atoms with van der Waals surface area (Å²) < 4.78 is 32.9. The van der Waals surface area contributed by atoms with Gasteiger partial charge in [0.1, 0.15) is 5.75 Å². The molecule has 156 valence electrons. The SMILES string of the molecule is CCOc1ccccc1/C=C/C(=O)N1CCN(S(=O)(=O)c2cc(C)sc2C)CC1. The van der Waals surface area contributed by atoms with Gasteiger partial charge < -0.3 is 9.64 Å². The number of piperazine rings is 1. The number of carbonyl (C=O) groups is 1. The largest absolute Gasteiger partial charge is 0.493 e. The Bertz CT molecular complexity index is 1000. The predicted octanol–water partition coefficient (Wildman–Crippen LogP) is 3.31. The number of aryl methyl sites for hydroxylation is 2. The number of carbonyl (C=O) groups excluding carboxylic acids is 1. The topological polar surface area (TPSA) is 66.9 Å². The van der Waals surface area contributed by atoms with Gasteiger partial charge in [0.2, 0.25) is 15.9 Å². The predicted molar refractivity (Wildman–Crippen MR) is 116 cm³/mol. The lowest BCUT2D eigenvalue weighted by Crippen LogP contribution is -2.50. The minimum atomic E-state index is -3.52. The molecule has 0 unspecified atom stereocenters. The fourth-order valence-electron chi connectivity index (χ4n) is 3.32. The number of benzene rings is 1. The summed E-state index contributed by atoms with van der Waals surface area (Å²) >= 11 is 1.48. The van der Waals surface area contributed by atoms with Crippen molar-refractivity contribution in [3.05, 3.63) is 51.7 Å². The van der Waals surface area contributed by atoms with Gasteiger partial charge in [0, 0.05) is 47.6 Å². The molecule has 1 aliphatic rings. The summed E-state index contributed by atoms with van der Waals surface area (Å²) in [5.74, 6) is 0.604. The number of sulfonamides is 1. The second-order valence-electron chi connectivity index (χ2n) is 6.81. The molecule has 1 aliphatic heterocycles. The average Bonchev–Trinajstić information content (AvgIpc) is 3.06. The maximum atomic E-state index is 12.9. The Hall–Kier alpha value is -2.16. The van der Waals surface area contributed by atoms with Crippen LogP contribution in [0.25, 0.3) is 6.08 Å². The van der Waals surface area contributed by atoms with Crippen molar-refractivity contribution in [3.63, 3.8) is 0 Å². The molecule has 0 N–H and O–H groups in total. The number of ether oxygens (including phenoxy) is 1. The van der Waals surface area contributed by atoms with E-state index in [1.54, 1.807) is 17.0 Å². The standard InChI is InChI=1S/C21H26N2O4S2/c1-4-27-19-8-6-5-7-18(19)9-10-21(24)22-11-13-23(14-12-22)29(25,26)20-15-16(2)28-17(20)3/h5-10,15H,4,11-14H2,1-3H3/b10-9+. The van der Waals surface area contributed by atoms with Gasteiger partial charge in [-0.2, -0.15) is 4.31 Å². The highest BCUT2D eigenvalue weighted by atomic mass is 32.2. The second kappa shape index (κ2) is 9.11. The van der Waals surface area contributed by atoms with Crippen molar-refractivity contribution in [2.45, 2.75) is 25.7 Å². The highest BCUT2D eigenvalue weighted by Crippen LogP contribution is 2.28. The van der Waals surface area contributed by atoms with Crippen LogP contribution in [0, 0.1) is 13.8 Å². The Morgan fingerprint density at radius 2 is 1.86 bits per heavy atom. The molecule has 1 saturated heterocycles. The highest BCUT2D eigenvalue weighted by molar-refractivity contribution is 7.89. The third-order valence-corrected chi connectivity index (χ3v) is 7.91. The van der Waals surface area contributed by atoms with E-state index in [0.29, 0.717) is 37.7 Å². The smallest absolute Gasteiger partial charge is 0.246 e. The van der Waals surface area contributed by atoms with Crippen molar-refractivity contribution >= 4 is 33.3 Å². The molecule has 0 bridgehead atoms. The number of amides is 1. The number of hydrogen-bond donors (Lipinski definition) is 0. The molecule has 0 spiro atoms. The van der Waals surface area contributed by atoms with Gasteiger partial charge >= 0.3 is 0 Å². The van der Waals surface area contributed by atoms with Crippen LogP contribution in [0.2, 0.25) is 0 Å². The molecule has 8 heteroatoms. The van der Waals surface area contributed by atoms with Crippen LogP contribution in [0.15, 0.2) is 41.3 Å². The third kappa shape index (κ3) is 4.88. The molecule has 29 heavy (non-hydrogen) atoms. The van der Waals surface area contributed by atoms with E-state index in [1.165, 1.54) is 21.7 Å². The minimum Gasteiger partial charge on any atom is -0.493 e. The Morgan fingerprint density at radius 1 is 1.17 bits per heavy atom. The molecule has 1 amide bonds. The van der Waals surface area contributed by atoms with Crippen molar-refractivity contribution < 1.29 is 17.9 Å². The van der Waals surface area contributed by atoms with Crippen molar-refractivity contribution in [1.29, 1.82) is 0 Å². The van der Waals surface area contributed by atoms with Gasteiger partial charge in [-0.25, -0.2) is 8.42 Å². The summed E-state index contributed by atoms with van der Waals surface area (Å²) in [5.41, 5.74) is 0.840. The van der Waals surface area contributed by atoms with Crippen LogP contribution in [0.3, 0.4) is 0 Å². The molecular weight excluding hydrogens is 408 g/mol. The molecule has 3 rings (SSSR count). The molecule has 6 nitrogen and oxygen atoms in total. The van der Waals surface area contributed by atoms with Gasteiger partial charge in [-0.3, -0.25) is 4.79 Å². The number of hydrogen-bond acceptors (Lipinski definition) is 5. The van der Waals surface area contributed by atoms with E-state index in [-0.39, 0.29) is 5.91 Å². The first-order valence-corrected chi connectivity index (χ1v) is 11.8. The van der Waals surface area contributed by atoms with Crippen LogP contribution in [0.4, 0.5) is 0 Å². The van der Waals surface area contributed by atoms with E-state index in [4.69, 9.17) is 4.74 Å². The summed E-state index contributed by atoms with van der Waals surface area (Å²) in [5, 5.41) is 0. The van der Waals surface area contributed by atoms with Crippen molar-refractivity contribution in [2.24, 2.45) is 0 Å².